The molecule has 0 aromatic carbocycles. The summed E-state index contributed by atoms with van der Waals surface area (Å²) < 4.78 is 0. The summed E-state index contributed by atoms with van der Waals surface area (Å²) in [7, 11) is 0. The third-order valence-corrected chi connectivity index (χ3v) is 3.71. The quantitative estimate of drug-likeness (QED) is 0.639. The molecule has 0 aliphatic heterocycles. The molecule has 0 spiro atoms. The van der Waals surface area contributed by atoms with Gasteiger partial charge in [-0.1, -0.05) is 40.5 Å². The monoisotopic (exact) mass is 270 g/mol. The SMILES string of the molecule is CCCC(CC)CNC(C)(CC(C)C)C(=O)NCC. The van der Waals surface area contributed by atoms with E-state index < -0.39 is 5.54 Å². The van der Waals surface area contributed by atoms with Crippen molar-refractivity contribution in [2.24, 2.45) is 11.8 Å². The summed E-state index contributed by atoms with van der Waals surface area (Å²) in [5.41, 5.74) is -0.439. The lowest BCUT2D eigenvalue weighted by atomic mass is 9.88. The van der Waals surface area contributed by atoms with E-state index in [1.54, 1.807) is 0 Å². The number of hydrogen-bond acceptors (Lipinski definition) is 2. The maximum Gasteiger partial charge on any atom is 0.240 e. The molecule has 0 rings (SSSR count). The molecule has 114 valence electrons. The molecule has 0 fully saturated rings. The zero-order chi connectivity index (χ0) is 14.9. The summed E-state index contributed by atoms with van der Waals surface area (Å²) in [6.07, 6.45) is 4.49. The van der Waals surface area contributed by atoms with E-state index in [0.29, 0.717) is 18.4 Å². The Morgan fingerprint density at radius 2 is 1.84 bits per heavy atom. The number of nitrogens with one attached hydrogen (secondary N) is 2. The number of carbonyl (C=O) groups is 1. The topological polar surface area (TPSA) is 41.1 Å². The standard InChI is InChI=1S/C16H34N2O/c1-7-10-14(8-2)12-18-16(6,11-13(4)5)15(19)17-9-3/h13-14,18H,7-12H2,1-6H3,(H,17,19). The van der Waals surface area contributed by atoms with Gasteiger partial charge in [0, 0.05) is 6.54 Å². The Morgan fingerprint density at radius 3 is 2.26 bits per heavy atom. The summed E-state index contributed by atoms with van der Waals surface area (Å²) >= 11 is 0. The minimum Gasteiger partial charge on any atom is -0.355 e. The van der Waals surface area contributed by atoms with Gasteiger partial charge >= 0.3 is 0 Å². The van der Waals surface area contributed by atoms with Gasteiger partial charge in [-0.25, -0.2) is 0 Å². The van der Waals surface area contributed by atoms with Crippen LogP contribution in [0.1, 0.15) is 67.2 Å². The fourth-order valence-corrected chi connectivity index (χ4v) is 2.65. The van der Waals surface area contributed by atoms with Gasteiger partial charge in [-0.15, -0.1) is 0 Å². The molecular weight excluding hydrogens is 236 g/mol. The smallest absolute Gasteiger partial charge is 0.240 e. The van der Waals surface area contributed by atoms with Crippen molar-refractivity contribution < 1.29 is 4.79 Å². The van der Waals surface area contributed by atoms with Gasteiger partial charge in [0.2, 0.25) is 5.91 Å². The second-order valence-corrected chi connectivity index (χ2v) is 6.23. The van der Waals surface area contributed by atoms with Crippen LogP contribution in [0.5, 0.6) is 0 Å². The highest BCUT2D eigenvalue weighted by molar-refractivity contribution is 5.85. The van der Waals surface area contributed by atoms with Crippen molar-refractivity contribution in [3.8, 4) is 0 Å². The lowest BCUT2D eigenvalue weighted by Gasteiger charge is -2.33. The molecule has 2 N–H and O–H groups in total. The Hall–Kier alpha value is -0.570. The van der Waals surface area contributed by atoms with E-state index in [-0.39, 0.29) is 5.91 Å². The summed E-state index contributed by atoms with van der Waals surface area (Å²) in [5, 5.41) is 6.50. The summed E-state index contributed by atoms with van der Waals surface area (Å²) in [6.45, 7) is 14.4. The normalized spacial score (nSPS) is 16.2. The maximum atomic E-state index is 12.3. The lowest BCUT2D eigenvalue weighted by molar-refractivity contribution is -0.127. The van der Waals surface area contributed by atoms with Gasteiger partial charge in [0.15, 0.2) is 0 Å². The Kier molecular flexibility index (Phi) is 9.07. The van der Waals surface area contributed by atoms with Crippen molar-refractivity contribution in [2.75, 3.05) is 13.1 Å². The van der Waals surface area contributed by atoms with E-state index in [1.807, 2.05) is 13.8 Å². The van der Waals surface area contributed by atoms with Crippen LogP contribution in [0.2, 0.25) is 0 Å². The lowest BCUT2D eigenvalue weighted by Crippen LogP contribution is -2.56. The fourth-order valence-electron chi connectivity index (χ4n) is 2.65. The minimum absolute atomic E-state index is 0.134. The molecule has 0 radical (unpaired) electrons. The van der Waals surface area contributed by atoms with Gasteiger partial charge in [0.25, 0.3) is 0 Å². The molecule has 0 heterocycles. The molecule has 0 aromatic rings. The first-order valence-electron chi connectivity index (χ1n) is 7.92. The van der Waals surface area contributed by atoms with Crippen molar-refractivity contribution in [2.45, 2.75) is 72.8 Å². The highest BCUT2D eigenvalue weighted by Crippen LogP contribution is 2.19. The van der Waals surface area contributed by atoms with Crippen molar-refractivity contribution in [1.82, 2.24) is 10.6 Å². The van der Waals surface area contributed by atoms with Crippen molar-refractivity contribution in [3.63, 3.8) is 0 Å². The summed E-state index contributed by atoms with van der Waals surface area (Å²) in [4.78, 5) is 12.3. The van der Waals surface area contributed by atoms with Crippen LogP contribution in [-0.4, -0.2) is 24.5 Å². The molecule has 0 bridgehead atoms. The molecule has 0 saturated heterocycles. The Morgan fingerprint density at radius 1 is 1.21 bits per heavy atom. The van der Waals surface area contributed by atoms with Crippen LogP contribution >= 0.6 is 0 Å². The first-order chi connectivity index (χ1) is 8.89. The molecule has 0 saturated carbocycles. The number of hydrogen-bond donors (Lipinski definition) is 2. The Labute approximate surface area is 119 Å². The second kappa shape index (κ2) is 9.35. The molecule has 1 amide bonds. The van der Waals surface area contributed by atoms with E-state index in [0.717, 1.165) is 13.0 Å². The highest BCUT2D eigenvalue weighted by Gasteiger charge is 2.33. The zero-order valence-electron chi connectivity index (χ0n) is 13.8. The number of rotatable bonds is 10. The third-order valence-electron chi connectivity index (χ3n) is 3.71. The predicted octanol–water partition coefficient (Wildman–Crippen LogP) is 3.34. The summed E-state index contributed by atoms with van der Waals surface area (Å²) in [5.74, 6) is 1.31. The van der Waals surface area contributed by atoms with Gasteiger partial charge in [-0.3, -0.25) is 4.79 Å². The van der Waals surface area contributed by atoms with E-state index >= 15 is 0 Å². The predicted molar refractivity (Wildman–Crippen MR) is 83.2 cm³/mol. The molecular formula is C16H34N2O. The largest absolute Gasteiger partial charge is 0.355 e. The number of amides is 1. The molecule has 2 unspecified atom stereocenters. The van der Waals surface area contributed by atoms with Crippen molar-refractivity contribution in [3.05, 3.63) is 0 Å². The molecule has 3 nitrogen and oxygen atoms in total. The third kappa shape index (κ3) is 6.95. The number of carbonyl (C=O) groups excluding carboxylic acids is 1. The van der Waals surface area contributed by atoms with Crippen LogP contribution in [-0.2, 0) is 4.79 Å². The van der Waals surface area contributed by atoms with Gasteiger partial charge in [0.05, 0.1) is 5.54 Å². The molecule has 19 heavy (non-hydrogen) atoms. The molecule has 0 aliphatic carbocycles. The van der Waals surface area contributed by atoms with Crippen LogP contribution in [0.4, 0.5) is 0 Å². The van der Waals surface area contributed by atoms with E-state index in [1.165, 1.54) is 19.3 Å². The van der Waals surface area contributed by atoms with Gasteiger partial charge in [-0.2, -0.15) is 0 Å². The van der Waals surface area contributed by atoms with Crippen molar-refractivity contribution >= 4 is 5.91 Å². The maximum absolute atomic E-state index is 12.3. The average molecular weight is 270 g/mol. The summed E-state index contributed by atoms with van der Waals surface area (Å²) in [6, 6.07) is 0. The molecule has 3 heteroatoms. The van der Waals surface area contributed by atoms with Gasteiger partial charge in [-0.05, 0) is 45.1 Å². The molecule has 2 atom stereocenters. The zero-order valence-corrected chi connectivity index (χ0v) is 13.8. The van der Waals surface area contributed by atoms with Crippen LogP contribution in [0.25, 0.3) is 0 Å². The first-order valence-corrected chi connectivity index (χ1v) is 7.92. The van der Waals surface area contributed by atoms with E-state index in [2.05, 4.69) is 38.3 Å². The first kappa shape index (κ1) is 18.4. The fraction of sp³-hybridized carbons (Fsp3) is 0.938. The minimum atomic E-state index is -0.439. The second-order valence-electron chi connectivity index (χ2n) is 6.23. The van der Waals surface area contributed by atoms with Crippen LogP contribution in [0.15, 0.2) is 0 Å². The highest BCUT2D eigenvalue weighted by atomic mass is 16.2. The van der Waals surface area contributed by atoms with Crippen LogP contribution < -0.4 is 10.6 Å². The van der Waals surface area contributed by atoms with Gasteiger partial charge in [0.1, 0.15) is 0 Å². The van der Waals surface area contributed by atoms with Gasteiger partial charge < -0.3 is 10.6 Å². The molecule has 0 aromatic heterocycles. The van der Waals surface area contributed by atoms with Crippen LogP contribution in [0.3, 0.4) is 0 Å². The van der Waals surface area contributed by atoms with Crippen LogP contribution in [0, 0.1) is 11.8 Å². The molecule has 0 aliphatic rings. The Bertz CT molecular complexity index is 253. The van der Waals surface area contributed by atoms with E-state index in [4.69, 9.17) is 0 Å². The Balaban J connectivity index is 4.61. The number of likely N-dealkylation sites (N-methyl/N-ethyl adjacent to an activating group) is 1. The van der Waals surface area contributed by atoms with E-state index in [9.17, 15) is 4.79 Å². The van der Waals surface area contributed by atoms with Crippen molar-refractivity contribution in [1.29, 1.82) is 0 Å². The average Bonchev–Trinajstić information content (AvgIpc) is 2.33.